The van der Waals surface area contributed by atoms with E-state index in [-0.39, 0.29) is 0 Å². The van der Waals surface area contributed by atoms with Crippen LogP contribution in [0.2, 0.25) is 0 Å². The second-order valence-corrected chi connectivity index (χ2v) is 5.19. The third-order valence-corrected chi connectivity index (χ3v) is 3.63. The SMILES string of the molecule is CCO/C(=C\c1c[nH]c2ccccc12)c1nnc(N)s1. The van der Waals surface area contributed by atoms with E-state index in [1.165, 1.54) is 11.3 Å². The molecule has 3 rings (SSSR count). The summed E-state index contributed by atoms with van der Waals surface area (Å²) >= 11 is 1.32. The number of nitrogen functional groups attached to an aromatic ring is 1. The molecule has 0 saturated carbocycles. The highest BCUT2D eigenvalue weighted by Crippen LogP contribution is 2.27. The Morgan fingerprint density at radius 3 is 3.00 bits per heavy atom. The summed E-state index contributed by atoms with van der Waals surface area (Å²) in [6.07, 6.45) is 3.91. The topological polar surface area (TPSA) is 76.8 Å². The molecule has 0 fully saturated rings. The van der Waals surface area contributed by atoms with Crippen molar-refractivity contribution in [1.29, 1.82) is 0 Å². The number of para-hydroxylation sites is 1. The highest BCUT2D eigenvalue weighted by atomic mass is 32.1. The number of rotatable bonds is 4. The van der Waals surface area contributed by atoms with Crippen LogP contribution in [0.4, 0.5) is 5.13 Å². The van der Waals surface area contributed by atoms with E-state index >= 15 is 0 Å². The smallest absolute Gasteiger partial charge is 0.203 e. The van der Waals surface area contributed by atoms with E-state index in [2.05, 4.69) is 21.2 Å². The number of hydrogen-bond acceptors (Lipinski definition) is 5. The molecule has 0 bridgehead atoms. The lowest BCUT2D eigenvalue weighted by atomic mass is 10.1. The maximum absolute atomic E-state index is 5.66. The molecule has 102 valence electrons. The minimum Gasteiger partial charge on any atom is -0.491 e. The fourth-order valence-electron chi connectivity index (χ4n) is 2.01. The molecule has 0 unspecified atom stereocenters. The monoisotopic (exact) mass is 286 g/mol. The van der Waals surface area contributed by atoms with Crippen LogP contribution in [-0.2, 0) is 4.74 Å². The lowest BCUT2D eigenvalue weighted by molar-refractivity contribution is 0.300. The molecular weight excluding hydrogens is 272 g/mol. The number of fused-ring (bicyclic) bond motifs is 1. The molecule has 0 aliphatic carbocycles. The maximum Gasteiger partial charge on any atom is 0.203 e. The normalized spacial score (nSPS) is 11.9. The van der Waals surface area contributed by atoms with Crippen molar-refractivity contribution >= 4 is 39.2 Å². The average molecular weight is 286 g/mol. The fraction of sp³-hybridized carbons (Fsp3) is 0.143. The molecule has 2 heterocycles. The summed E-state index contributed by atoms with van der Waals surface area (Å²) in [7, 11) is 0. The molecule has 0 atom stereocenters. The number of hydrogen-bond donors (Lipinski definition) is 2. The Kier molecular flexibility index (Phi) is 3.39. The van der Waals surface area contributed by atoms with Crippen LogP contribution in [0.15, 0.2) is 30.5 Å². The Morgan fingerprint density at radius 2 is 2.25 bits per heavy atom. The minimum absolute atomic E-state index is 0.435. The molecule has 0 radical (unpaired) electrons. The summed E-state index contributed by atoms with van der Waals surface area (Å²) in [6, 6.07) is 8.11. The van der Waals surface area contributed by atoms with Gasteiger partial charge in [-0.25, -0.2) is 0 Å². The molecule has 5 nitrogen and oxygen atoms in total. The van der Waals surface area contributed by atoms with E-state index in [1.807, 2.05) is 37.4 Å². The van der Waals surface area contributed by atoms with Crippen LogP contribution >= 0.6 is 11.3 Å². The zero-order chi connectivity index (χ0) is 13.9. The van der Waals surface area contributed by atoms with Gasteiger partial charge >= 0.3 is 0 Å². The van der Waals surface area contributed by atoms with Crippen molar-refractivity contribution in [2.24, 2.45) is 0 Å². The minimum atomic E-state index is 0.435. The molecule has 0 aliphatic rings. The van der Waals surface area contributed by atoms with Gasteiger partial charge in [0.05, 0.1) is 6.61 Å². The molecule has 6 heteroatoms. The van der Waals surface area contributed by atoms with Crippen molar-refractivity contribution in [3.8, 4) is 0 Å². The Hall–Kier alpha value is -2.34. The molecule has 3 N–H and O–H groups in total. The lowest BCUT2D eigenvalue weighted by Gasteiger charge is -2.04. The summed E-state index contributed by atoms with van der Waals surface area (Å²) < 4.78 is 5.66. The van der Waals surface area contributed by atoms with Gasteiger partial charge < -0.3 is 15.5 Å². The van der Waals surface area contributed by atoms with Gasteiger partial charge in [0, 0.05) is 22.7 Å². The summed E-state index contributed by atoms with van der Waals surface area (Å²) in [5, 5.41) is 10.1. The molecule has 2 aromatic heterocycles. The van der Waals surface area contributed by atoms with E-state index < -0.39 is 0 Å². The second-order valence-electron chi connectivity index (χ2n) is 4.18. The lowest BCUT2D eigenvalue weighted by Crippen LogP contribution is -1.91. The van der Waals surface area contributed by atoms with Gasteiger partial charge in [0.25, 0.3) is 0 Å². The fourth-order valence-corrected chi connectivity index (χ4v) is 2.59. The number of aromatic nitrogens is 3. The predicted octanol–water partition coefficient (Wildman–Crippen LogP) is 3.14. The zero-order valence-electron chi connectivity index (χ0n) is 11.0. The van der Waals surface area contributed by atoms with Crippen molar-refractivity contribution in [2.45, 2.75) is 6.92 Å². The van der Waals surface area contributed by atoms with E-state index in [0.717, 1.165) is 16.5 Å². The van der Waals surface area contributed by atoms with Crippen molar-refractivity contribution in [2.75, 3.05) is 12.3 Å². The number of anilines is 1. The number of nitrogens with zero attached hydrogens (tertiary/aromatic N) is 2. The third-order valence-electron chi connectivity index (χ3n) is 2.86. The first-order valence-corrected chi connectivity index (χ1v) is 7.09. The van der Waals surface area contributed by atoms with Crippen LogP contribution in [0.3, 0.4) is 0 Å². The number of nitrogens with one attached hydrogen (secondary N) is 1. The molecule has 3 aromatic rings. The third kappa shape index (κ3) is 2.37. The van der Waals surface area contributed by atoms with Crippen molar-refractivity contribution in [3.63, 3.8) is 0 Å². The van der Waals surface area contributed by atoms with Gasteiger partial charge in [-0.15, -0.1) is 10.2 Å². The first-order valence-electron chi connectivity index (χ1n) is 6.28. The number of benzene rings is 1. The van der Waals surface area contributed by atoms with Crippen molar-refractivity contribution in [1.82, 2.24) is 15.2 Å². The van der Waals surface area contributed by atoms with Gasteiger partial charge in [0.15, 0.2) is 10.8 Å². The number of ether oxygens (including phenoxy) is 1. The van der Waals surface area contributed by atoms with Crippen LogP contribution in [0.5, 0.6) is 0 Å². The second kappa shape index (κ2) is 5.34. The number of nitrogens with two attached hydrogens (primary N) is 1. The first-order chi connectivity index (χ1) is 9.78. The van der Waals surface area contributed by atoms with Gasteiger partial charge in [0.2, 0.25) is 5.13 Å². The molecule has 0 spiro atoms. The molecule has 0 amide bonds. The van der Waals surface area contributed by atoms with E-state index in [1.54, 1.807) is 0 Å². The number of H-pyrrole nitrogens is 1. The summed E-state index contributed by atoms with van der Waals surface area (Å²) in [5.41, 5.74) is 7.78. The Bertz CT molecular complexity index is 759. The summed E-state index contributed by atoms with van der Waals surface area (Å²) in [5.74, 6) is 0.687. The molecule has 1 aromatic carbocycles. The molecule has 0 saturated heterocycles. The van der Waals surface area contributed by atoms with E-state index in [0.29, 0.717) is 22.5 Å². The van der Waals surface area contributed by atoms with Gasteiger partial charge in [-0.3, -0.25) is 0 Å². The van der Waals surface area contributed by atoms with Crippen molar-refractivity contribution in [3.05, 3.63) is 41.0 Å². The Balaban J connectivity index is 2.06. The van der Waals surface area contributed by atoms with Crippen LogP contribution in [0.25, 0.3) is 22.7 Å². The van der Waals surface area contributed by atoms with Crippen LogP contribution in [-0.4, -0.2) is 21.8 Å². The summed E-state index contributed by atoms with van der Waals surface area (Å²) in [4.78, 5) is 3.23. The van der Waals surface area contributed by atoms with Crippen LogP contribution < -0.4 is 5.73 Å². The van der Waals surface area contributed by atoms with Gasteiger partial charge in [-0.1, -0.05) is 29.5 Å². The maximum atomic E-state index is 5.66. The molecular formula is C14H14N4OS. The highest BCUT2D eigenvalue weighted by molar-refractivity contribution is 7.16. The Labute approximate surface area is 120 Å². The van der Waals surface area contributed by atoms with Crippen LogP contribution in [0, 0.1) is 0 Å². The van der Waals surface area contributed by atoms with Gasteiger partial charge in [0.1, 0.15) is 0 Å². The zero-order valence-corrected chi connectivity index (χ0v) is 11.8. The van der Waals surface area contributed by atoms with E-state index in [9.17, 15) is 0 Å². The quantitative estimate of drug-likeness (QED) is 0.722. The van der Waals surface area contributed by atoms with Gasteiger partial charge in [-0.05, 0) is 19.1 Å². The summed E-state index contributed by atoms with van der Waals surface area (Å²) in [6.45, 7) is 2.50. The predicted molar refractivity (Wildman–Crippen MR) is 82.1 cm³/mol. The van der Waals surface area contributed by atoms with Gasteiger partial charge in [-0.2, -0.15) is 0 Å². The standard InChI is InChI=1S/C14H14N4OS/c1-2-19-12(13-17-18-14(15)20-13)7-9-8-16-11-6-4-3-5-10(9)11/h3-8,16H,2H2,1H3,(H2,15,18)/b12-7-. The average Bonchev–Trinajstić information content (AvgIpc) is 3.05. The Morgan fingerprint density at radius 1 is 1.40 bits per heavy atom. The molecule has 20 heavy (non-hydrogen) atoms. The highest BCUT2D eigenvalue weighted by Gasteiger charge is 2.10. The number of aromatic amines is 1. The molecule has 0 aliphatic heterocycles. The van der Waals surface area contributed by atoms with E-state index in [4.69, 9.17) is 10.5 Å². The first kappa shape index (κ1) is 12.7. The van der Waals surface area contributed by atoms with Crippen LogP contribution in [0.1, 0.15) is 17.5 Å². The largest absolute Gasteiger partial charge is 0.491 e. The van der Waals surface area contributed by atoms with Crippen molar-refractivity contribution < 1.29 is 4.74 Å².